The van der Waals surface area contributed by atoms with E-state index in [1.807, 2.05) is 0 Å². The number of nitrogens with zero attached hydrogens (tertiary/aromatic N) is 3. The highest BCUT2D eigenvalue weighted by Crippen LogP contribution is 2.32. The first-order chi connectivity index (χ1) is 11.9. The zero-order valence-corrected chi connectivity index (χ0v) is 13.9. The van der Waals surface area contributed by atoms with Crippen LogP contribution in [-0.2, 0) is 11.2 Å². The van der Waals surface area contributed by atoms with Crippen molar-refractivity contribution in [2.24, 2.45) is 0 Å². The van der Waals surface area contributed by atoms with Crippen molar-refractivity contribution in [1.82, 2.24) is 4.98 Å². The lowest BCUT2D eigenvalue weighted by molar-refractivity contribution is -0.385. The van der Waals surface area contributed by atoms with E-state index in [0.29, 0.717) is 11.6 Å². The molecule has 1 unspecified atom stereocenters. The minimum Gasteiger partial charge on any atom is -0.471 e. The maximum Gasteiger partial charge on any atom is 0.274 e. The maximum atomic E-state index is 13.7. The Morgan fingerprint density at radius 2 is 2.32 bits per heavy atom. The molecule has 3 rings (SSSR count). The molecule has 2 aromatic rings. The molecule has 0 saturated carbocycles. The summed E-state index contributed by atoms with van der Waals surface area (Å²) in [7, 11) is 0. The number of amides is 1. The maximum absolute atomic E-state index is 13.7. The molecule has 1 aliphatic rings. The van der Waals surface area contributed by atoms with Crippen molar-refractivity contribution in [2.45, 2.75) is 19.4 Å². The number of ether oxygens (including phenoxy) is 1. The van der Waals surface area contributed by atoms with Crippen molar-refractivity contribution in [1.29, 1.82) is 0 Å². The number of nitro benzene ring substituents is 1. The van der Waals surface area contributed by atoms with Gasteiger partial charge in [-0.3, -0.25) is 14.9 Å². The first-order valence-corrected chi connectivity index (χ1v) is 7.79. The van der Waals surface area contributed by atoms with E-state index in [2.05, 4.69) is 4.98 Å². The zero-order valence-electron chi connectivity index (χ0n) is 13.1. The van der Waals surface area contributed by atoms with Gasteiger partial charge in [-0.2, -0.15) is 0 Å². The van der Waals surface area contributed by atoms with E-state index in [0.717, 1.165) is 12.1 Å². The monoisotopic (exact) mass is 365 g/mol. The van der Waals surface area contributed by atoms with Crippen LogP contribution < -0.4 is 9.64 Å². The second-order valence-electron chi connectivity index (χ2n) is 5.59. The second-order valence-corrected chi connectivity index (χ2v) is 6.00. The van der Waals surface area contributed by atoms with Gasteiger partial charge in [-0.15, -0.1) is 0 Å². The molecule has 0 fully saturated rings. The van der Waals surface area contributed by atoms with Gasteiger partial charge in [-0.05, 0) is 25.1 Å². The van der Waals surface area contributed by atoms with Crippen LogP contribution in [0.4, 0.5) is 15.8 Å². The lowest BCUT2D eigenvalue weighted by Crippen LogP contribution is -2.43. The number of pyridine rings is 1. The minimum atomic E-state index is -0.813. The van der Waals surface area contributed by atoms with E-state index in [1.165, 1.54) is 4.90 Å². The predicted octanol–water partition coefficient (Wildman–Crippen LogP) is 3.14. The fraction of sp³-hybridized carbons (Fsp3) is 0.250. The Morgan fingerprint density at radius 1 is 1.56 bits per heavy atom. The van der Waals surface area contributed by atoms with Crippen molar-refractivity contribution in [3.63, 3.8) is 0 Å². The van der Waals surface area contributed by atoms with Crippen LogP contribution in [0.15, 0.2) is 30.5 Å². The van der Waals surface area contributed by atoms with Crippen LogP contribution in [0.2, 0.25) is 5.02 Å². The van der Waals surface area contributed by atoms with Crippen molar-refractivity contribution in [3.05, 3.63) is 57.0 Å². The van der Waals surface area contributed by atoms with E-state index in [1.54, 1.807) is 25.3 Å². The first-order valence-electron chi connectivity index (χ1n) is 7.41. The zero-order chi connectivity index (χ0) is 18.1. The molecule has 0 spiro atoms. The number of halogens is 2. The van der Waals surface area contributed by atoms with Gasteiger partial charge in [0.15, 0.2) is 0 Å². The van der Waals surface area contributed by atoms with E-state index < -0.39 is 22.3 Å². The smallest absolute Gasteiger partial charge is 0.274 e. The summed E-state index contributed by atoms with van der Waals surface area (Å²) < 4.78 is 19.3. The summed E-state index contributed by atoms with van der Waals surface area (Å²) in [5.41, 5.74) is 0.0386. The number of nitro groups is 1. The Morgan fingerprint density at radius 3 is 3.04 bits per heavy atom. The highest BCUT2D eigenvalue weighted by molar-refractivity contribution is 6.31. The van der Waals surface area contributed by atoms with Crippen LogP contribution in [0, 0.1) is 15.9 Å². The van der Waals surface area contributed by atoms with Crippen LogP contribution >= 0.6 is 11.6 Å². The molecule has 9 heteroatoms. The molecule has 1 atom stereocenters. The van der Waals surface area contributed by atoms with Crippen molar-refractivity contribution >= 4 is 28.9 Å². The summed E-state index contributed by atoms with van der Waals surface area (Å²) in [6.07, 6.45) is 0.910. The quantitative estimate of drug-likeness (QED) is 0.616. The third-order valence-corrected chi connectivity index (χ3v) is 4.04. The molecule has 130 valence electrons. The Labute approximate surface area is 147 Å². The van der Waals surface area contributed by atoms with Crippen molar-refractivity contribution < 1.29 is 18.8 Å². The Bertz CT molecular complexity index is 861. The first kappa shape index (κ1) is 17.1. The van der Waals surface area contributed by atoms with Gasteiger partial charge in [0.2, 0.25) is 11.8 Å². The molecular formula is C16H13ClFN3O4. The molecule has 25 heavy (non-hydrogen) atoms. The SMILES string of the molecule is CC1CN(C(=O)Cc2cc(F)c(Cl)cc2[N+](=O)[O-])c2cccnc2O1. The van der Waals surface area contributed by atoms with Crippen LogP contribution in [0.25, 0.3) is 0 Å². The summed E-state index contributed by atoms with van der Waals surface area (Å²) >= 11 is 5.60. The van der Waals surface area contributed by atoms with Gasteiger partial charge in [0.1, 0.15) is 17.6 Å². The Hall–Kier alpha value is -2.74. The van der Waals surface area contributed by atoms with Crippen LogP contribution in [0.1, 0.15) is 12.5 Å². The highest BCUT2D eigenvalue weighted by atomic mass is 35.5. The van der Waals surface area contributed by atoms with Gasteiger partial charge < -0.3 is 9.64 Å². The third kappa shape index (κ3) is 3.39. The molecule has 0 N–H and O–H groups in total. The minimum absolute atomic E-state index is 0.0403. The fourth-order valence-corrected chi connectivity index (χ4v) is 2.80. The third-order valence-electron chi connectivity index (χ3n) is 3.76. The van der Waals surface area contributed by atoms with Crippen LogP contribution in [-0.4, -0.2) is 28.5 Å². The molecule has 1 aromatic carbocycles. The van der Waals surface area contributed by atoms with Gasteiger partial charge >= 0.3 is 0 Å². The number of carbonyl (C=O) groups excluding carboxylic acids is 1. The topological polar surface area (TPSA) is 85.6 Å². The van der Waals surface area contributed by atoms with Crippen molar-refractivity contribution in [2.75, 3.05) is 11.4 Å². The fourth-order valence-electron chi connectivity index (χ4n) is 2.65. The normalized spacial score (nSPS) is 16.1. The molecule has 0 bridgehead atoms. The number of hydrogen-bond acceptors (Lipinski definition) is 5. The summed E-state index contributed by atoms with van der Waals surface area (Å²) in [5, 5.41) is 10.8. The summed E-state index contributed by atoms with van der Waals surface area (Å²) in [5.74, 6) is -0.923. The highest BCUT2D eigenvalue weighted by Gasteiger charge is 2.30. The number of rotatable bonds is 3. The molecule has 1 aromatic heterocycles. The van der Waals surface area contributed by atoms with Crippen LogP contribution in [0.3, 0.4) is 0 Å². The average Bonchev–Trinajstić information content (AvgIpc) is 2.56. The molecule has 0 aliphatic carbocycles. The number of hydrogen-bond donors (Lipinski definition) is 0. The van der Waals surface area contributed by atoms with Gasteiger partial charge in [0.05, 0.1) is 22.9 Å². The number of benzene rings is 1. The lowest BCUT2D eigenvalue weighted by atomic mass is 10.1. The summed E-state index contributed by atoms with van der Waals surface area (Å²) in [6, 6.07) is 5.16. The van der Waals surface area contributed by atoms with E-state index >= 15 is 0 Å². The van der Waals surface area contributed by atoms with Crippen molar-refractivity contribution in [3.8, 4) is 5.88 Å². The van der Waals surface area contributed by atoms with Gasteiger partial charge in [0.25, 0.3) is 5.69 Å². The van der Waals surface area contributed by atoms with Gasteiger partial charge in [-0.25, -0.2) is 9.37 Å². The molecule has 7 nitrogen and oxygen atoms in total. The van der Waals surface area contributed by atoms with Gasteiger partial charge in [-0.1, -0.05) is 11.6 Å². The standard InChI is InChI=1S/C16H13ClFN3O4/c1-9-8-20(13-3-2-4-19-16(13)25-9)15(22)6-10-5-12(18)11(17)7-14(10)21(23)24/h2-5,7,9H,6,8H2,1H3. The largest absolute Gasteiger partial charge is 0.471 e. The number of anilines is 1. The average molecular weight is 366 g/mol. The Kier molecular flexibility index (Phi) is 4.54. The van der Waals surface area contributed by atoms with E-state index in [4.69, 9.17) is 16.3 Å². The number of fused-ring (bicyclic) bond motifs is 1. The Balaban J connectivity index is 1.93. The number of carbonyl (C=O) groups is 1. The second kappa shape index (κ2) is 6.64. The molecule has 0 saturated heterocycles. The van der Waals surface area contributed by atoms with Crippen LogP contribution in [0.5, 0.6) is 5.88 Å². The van der Waals surface area contributed by atoms with E-state index in [9.17, 15) is 19.3 Å². The molecule has 1 amide bonds. The van der Waals surface area contributed by atoms with E-state index in [-0.39, 0.29) is 29.7 Å². The summed E-state index contributed by atoms with van der Waals surface area (Å²) in [6.45, 7) is 2.05. The summed E-state index contributed by atoms with van der Waals surface area (Å²) in [4.78, 5) is 28.7. The predicted molar refractivity (Wildman–Crippen MR) is 88.4 cm³/mol. The molecule has 1 aliphatic heterocycles. The molecular weight excluding hydrogens is 353 g/mol. The van der Waals surface area contributed by atoms with Gasteiger partial charge in [0, 0.05) is 17.8 Å². The molecule has 2 heterocycles. The number of aromatic nitrogens is 1. The molecule has 0 radical (unpaired) electrons. The lowest BCUT2D eigenvalue weighted by Gasteiger charge is -2.32.